The third-order valence-electron chi connectivity index (χ3n) is 10.6. The van der Waals surface area contributed by atoms with Crippen molar-refractivity contribution in [3.8, 4) is 0 Å². The van der Waals surface area contributed by atoms with Crippen LogP contribution in [0.3, 0.4) is 0 Å². The number of Topliss-reactive ketones (excluding diaryl/α,β-unsaturated/α-hetero) is 1. The van der Waals surface area contributed by atoms with Gasteiger partial charge in [-0.05, 0) is 99.3 Å². The van der Waals surface area contributed by atoms with Crippen molar-refractivity contribution in [2.24, 2.45) is 17.8 Å². The van der Waals surface area contributed by atoms with Crippen LogP contribution in [0.25, 0.3) is 0 Å². The largest absolute Gasteiger partial charge is 0.508 e. The summed E-state index contributed by atoms with van der Waals surface area (Å²) in [5.41, 5.74) is 4.19. The van der Waals surface area contributed by atoms with Gasteiger partial charge in [-0.2, -0.15) is 0 Å². The van der Waals surface area contributed by atoms with Gasteiger partial charge in [0, 0.05) is 31.7 Å². The van der Waals surface area contributed by atoms with Gasteiger partial charge in [0.05, 0.1) is 12.0 Å². The average molecular weight is 841 g/mol. The van der Waals surface area contributed by atoms with Gasteiger partial charge < -0.3 is 35.7 Å². The lowest BCUT2D eigenvalue weighted by molar-refractivity contribution is -0.155. The van der Waals surface area contributed by atoms with Gasteiger partial charge in [-0.25, -0.2) is 10.4 Å². The van der Waals surface area contributed by atoms with Crippen molar-refractivity contribution in [3.05, 3.63) is 108 Å². The van der Waals surface area contributed by atoms with E-state index < -0.39 is 77.7 Å². The lowest BCUT2D eigenvalue weighted by atomic mass is 9.85. The molecule has 4 rings (SSSR count). The predicted molar refractivity (Wildman–Crippen MR) is 231 cm³/mol. The first kappa shape index (κ1) is 47.7. The number of ketones is 1. The Bertz CT molecular complexity index is 1950. The number of anilines is 1. The third kappa shape index (κ3) is 15.2. The second-order valence-corrected chi connectivity index (χ2v) is 16.0. The monoisotopic (exact) mass is 840 g/mol. The van der Waals surface area contributed by atoms with Crippen LogP contribution in [0.4, 0.5) is 5.82 Å². The van der Waals surface area contributed by atoms with Gasteiger partial charge in [-0.1, -0.05) is 69.4 Å². The normalized spacial score (nSPS) is 27.2. The Hall–Kier alpha value is -5.93. The van der Waals surface area contributed by atoms with Crippen LogP contribution in [0.1, 0.15) is 79.6 Å². The molecule has 61 heavy (non-hydrogen) atoms. The molecule has 2 bridgehead atoms. The number of amides is 4. The van der Waals surface area contributed by atoms with Crippen molar-refractivity contribution >= 4 is 41.2 Å². The summed E-state index contributed by atoms with van der Waals surface area (Å²) in [5.74, 6) is -4.50. The van der Waals surface area contributed by atoms with Gasteiger partial charge in [0.1, 0.15) is 41.6 Å². The number of aliphatic hydroxyl groups excluding tert-OH is 2. The zero-order chi connectivity index (χ0) is 44.5. The highest BCUT2D eigenvalue weighted by atomic mass is 16.5. The van der Waals surface area contributed by atoms with E-state index in [1.165, 1.54) is 36.2 Å². The molecule has 0 aromatic carbocycles. The number of nitrogens with one attached hydrogen (secondary N) is 4. The Morgan fingerprint density at radius 3 is 2.49 bits per heavy atom. The Kier molecular flexibility index (Phi) is 18.6. The Labute approximate surface area is 357 Å². The number of aliphatic hydroxyl groups is 2. The number of carbonyl (C=O) groups is 6. The smallest absolute Gasteiger partial charge is 0.325 e. The standard InChI is InChI=1S/C46H60N6O9/c1-29(2)41-44(58)48-37(28-33-17-13-18-34(54)27-33)45(59)52-26-14-19-36(51-52)46(60)61-38(30(3)16-12-22-40(55)49-39-21-10-11-25-47-39)20-9-7-6-8-15-31(4)42(56)35(43(57)50-41)24-23-32(5)53/h6-13,16,18,21-22,25,27-29,31,35-38,41-42,51,54,56H,14-15,17,19-20,23-24,26H2,1-5H3,(H,48,58)(H,50,57)(H,47,49,55). The molecule has 15 heteroatoms. The number of carbonyl (C=O) groups excluding carboxylic acids is 6. The van der Waals surface area contributed by atoms with E-state index in [1.807, 2.05) is 12.2 Å². The van der Waals surface area contributed by atoms with Crippen molar-refractivity contribution in [3.63, 3.8) is 0 Å². The molecule has 0 spiro atoms. The summed E-state index contributed by atoms with van der Waals surface area (Å²) in [6.07, 6.45) is 19.6. The number of hydrazine groups is 1. The van der Waals surface area contributed by atoms with Crippen LogP contribution in [0, 0.1) is 17.8 Å². The molecule has 7 atom stereocenters. The van der Waals surface area contributed by atoms with E-state index >= 15 is 0 Å². The topological polar surface area (TPSA) is 216 Å². The fourth-order valence-corrected chi connectivity index (χ4v) is 6.99. The van der Waals surface area contributed by atoms with E-state index in [2.05, 4.69) is 26.4 Å². The van der Waals surface area contributed by atoms with Crippen LogP contribution in [-0.2, 0) is 33.5 Å². The van der Waals surface area contributed by atoms with Crippen molar-refractivity contribution in [1.82, 2.24) is 26.1 Å². The molecule has 3 aliphatic rings. The summed E-state index contributed by atoms with van der Waals surface area (Å²) in [6.45, 7) is 8.66. The van der Waals surface area contributed by atoms with E-state index in [-0.39, 0.29) is 37.3 Å². The first-order valence-electron chi connectivity index (χ1n) is 20.9. The number of esters is 1. The van der Waals surface area contributed by atoms with Crippen molar-refractivity contribution < 1.29 is 43.7 Å². The van der Waals surface area contributed by atoms with Gasteiger partial charge >= 0.3 is 5.97 Å². The quantitative estimate of drug-likeness (QED) is 0.113. The highest BCUT2D eigenvalue weighted by Crippen LogP contribution is 2.24. The molecule has 0 radical (unpaired) electrons. The summed E-state index contributed by atoms with van der Waals surface area (Å²) >= 11 is 0. The number of ether oxygens (including phenoxy) is 1. The Morgan fingerprint density at radius 1 is 1.05 bits per heavy atom. The molecule has 328 valence electrons. The van der Waals surface area contributed by atoms with Crippen molar-refractivity contribution in [1.29, 1.82) is 0 Å². The number of allylic oxidation sites excluding steroid dienone is 9. The van der Waals surface area contributed by atoms with Crippen LogP contribution in [0.15, 0.2) is 108 Å². The summed E-state index contributed by atoms with van der Waals surface area (Å²) < 4.78 is 6.06. The van der Waals surface area contributed by atoms with Gasteiger partial charge in [0.2, 0.25) is 17.7 Å². The maximum atomic E-state index is 14.3. The van der Waals surface area contributed by atoms with E-state index in [1.54, 1.807) is 82.5 Å². The molecule has 1 aromatic rings. The zero-order valence-corrected chi connectivity index (χ0v) is 35.6. The molecular formula is C46H60N6O9. The first-order valence-corrected chi connectivity index (χ1v) is 20.9. The van der Waals surface area contributed by atoms with Crippen LogP contribution in [0.2, 0.25) is 0 Å². The second kappa shape index (κ2) is 23.8. The molecule has 1 aliphatic carbocycles. The SMILES string of the molecule is CC(=O)CCC1C(=O)NC(C(C)C)C(=O)NC(C=C2C=C(O)C=CC2)C(=O)N2CCCC(N2)C(=O)OC(C(C)=CC=CC(=O)Nc2ccccn2)CC=CC=CCC(C)C1O. The Balaban J connectivity index is 1.68. The summed E-state index contributed by atoms with van der Waals surface area (Å²) in [7, 11) is 0. The molecule has 3 heterocycles. The summed E-state index contributed by atoms with van der Waals surface area (Å²) in [4.78, 5) is 84.7. The van der Waals surface area contributed by atoms with Crippen LogP contribution >= 0.6 is 0 Å². The molecule has 1 saturated heterocycles. The van der Waals surface area contributed by atoms with Crippen molar-refractivity contribution in [2.75, 3.05) is 11.9 Å². The minimum atomic E-state index is -1.29. The van der Waals surface area contributed by atoms with Crippen LogP contribution < -0.4 is 21.4 Å². The number of fused-ring (bicyclic) bond motifs is 2. The molecule has 7 unspecified atom stereocenters. The Morgan fingerprint density at radius 2 is 1.80 bits per heavy atom. The molecule has 6 N–H and O–H groups in total. The molecule has 1 fully saturated rings. The van der Waals surface area contributed by atoms with E-state index in [4.69, 9.17) is 4.74 Å². The number of hydrogen-bond donors (Lipinski definition) is 6. The van der Waals surface area contributed by atoms with Crippen LogP contribution in [0.5, 0.6) is 0 Å². The third-order valence-corrected chi connectivity index (χ3v) is 10.6. The molecule has 1 aromatic heterocycles. The number of aromatic nitrogens is 1. The number of cyclic esters (lactones) is 1. The van der Waals surface area contributed by atoms with Gasteiger partial charge in [0.25, 0.3) is 5.91 Å². The molecular weight excluding hydrogens is 781 g/mol. The fourth-order valence-electron chi connectivity index (χ4n) is 6.99. The van der Waals surface area contributed by atoms with E-state index in [0.717, 1.165) is 0 Å². The highest BCUT2D eigenvalue weighted by molar-refractivity contribution is 5.98. The number of rotatable bonds is 9. The fraction of sp³-hybridized carbons (Fsp3) is 0.457. The molecule has 15 nitrogen and oxygen atoms in total. The number of hydrogen-bond acceptors (Lipinski definition) is 11. The minimum absolute atomic E-state index is 0.0298. The van der Waals surface area contributed by atoms with E-state index in [0.29, 0.717) is 42.6 Å². The average Bonchev–Trinajstić information content (AvgIpc) is 3.22. The minimum Gasteiger partial charge on any atom is -0.508 e. The number of nitrogens with zero attached hydrogens (tertiary/aromatic N) is 2. The maximum absolute atomic E-state index is 14.3. The molecule has 2 aliphatic heterocycles. The van der Waals surface area contributed by atoms with Gasteiger partial charge in [0.15, 0.2) is 0 Å². The lowest BCUT2D eigenvalue weighted by Crippen LogP contribution is -2.61. The first-order chi connectivity index (χ1) is 29.1. The summed E-state index contributed by atoms with van der Waals surface area (Å²) in [5, 5.41) is 31.2. The van der Waals surface area contributed by atoms with Crippen molar-refractivity contribution in [2.45, 2.75) is 110 Å². The van der Waals surface area contributed by atoms with Crippen LogP contribution in [-0.4, -0.2) is 92.5 Å². The predicted octanol–water partition coefficient (Wildman–Crippen LogP) is 4.77. The van der Waals surface area contributed by atoms with E-state index in [9.17, 15) is 39.0 Å². The van der Waals surface area contributed by atoms with Gasteiger partial charge in [-0.15, -0.1) is 0 Å². The van der Waals surface area contributed by atoms with Gasteiger partial charge in [-0.3, -0.25) is 29.0 Å². The number of pyridine rings is 1. The lowest BCUT2D eigenvalue weighted by Gasteiger charge is -2.35. The second-order valence-electron chi connectivity index (χ2n) is 16.0. The highest BCUT2D eigenvalue weighted by Gasteiger charge is 2.37. The maximum Gasteiger partial charge on any atom is 0.325 e. The zero-order valence-electron chi connectivity index (χ0n) is 35.6. The summed E-state index contributed by atoms with van der Waals surface area (Å²) in [6, 6.07) is 1.82. The molecule has 4 amide bonds. The molecule has 0 saturated carbocycles.